The van der Waals surface area contributed by atoms with Crippen LogP contribution in [0.4, 0.5) is 16.3 Å². The van der Waals surface area contributed by atoms with E-state index in [2.05, 4.69) is 9.88 Å². The van der Waals surface area contributed by atoms with E-state index in [1.807, 2.05) is 23.1 Å². The van der Waals surface area contributed by atoms with Crippen LogP contribution in [0.2, 0.25) is 5.02 Å². The maximum atomic E-state index is 13.2. The number of sulfone groups is 1. The standard InChI is InChI=1S/C20H21ClN4O3S/c21-15-5-6-16-17(10-15)29(27,28)9-3-8-25(16)19(26)24-13-20(14-24)11-23(12-20)18-4-1-2-7-22-18/h1-2,4-7,10H,3,8-9,11-14H2. The number of amides is 2. The van der Waals surface area contributed by atoms with Crippen molar-refractivity contribution in [3.8, 4) is 0 Å². The summed E-state index contributed by atoms with van der Waals surface area (Å²) in [6.45, 7) is 3.52. The van der Waals surface area contributed by atoms with Crippen LogP contribution < -0.4 is 9.80 Å². The number of carbonyl (C=O) groups is 1. The third-order valence-electron chi connectivity index (χ3n) is 5.92. The van der Waals surface area contributed by atoms with E-state index in [1.165, 1.54) is 6.07 Å². The number of rotatable bonds is 1. The molecule has 0 radical (unpaired) electrons. The number of nitrogens with zero attached hydrogens (tertiary/aromatic N) is 4. The van der Waals surface area contributed by atoms with Crippen LogP contribution in [-0.4, -0.2) is 62.8 Å². The fourth-order valence-corrected chi connectivity index (χ4v) is 6.31. The van der Waals surface area contributed by atoms with E-state index in [-0.39, 0.29) is 22.1 Å². The lowest BCUT2D eigenvalue weighted by Gasteiger charge is -2.60. The van der Waals surface area contributed by atoms with Crippen molar-refractivity contribution in [1.82, 2.24) is 9.88 Å². The number of anilines is 2. The molecule has 3 aliphatic heterocycles. The quantitative estimate of drug-likeness (QED) is 0.692. The van der Waals surface area contributed by atoms with Gasteiger partial charge in [-0.3, -0.25) is 4.90 Å². The highest BCUT2D eigenvalue weighted by atomic mass is 35.5. The Kier molecular flexibility index (Phi) is 4.25. The van der Waals surface area contributed by atoms with E-state index < -0.39 is 9.84 Å². The molecule has 7 nitrogen and oxygen atoms in total. The predicted molar refractivity (Wildman–Crippen MR) is 111 cm³/mol. The summed E-state index contributed by atoms with van der Waals surface area (Å²) < 4.78 is 25.1. The third kappa shape index (κ3) is 3.14. The van der Waals surface area contributed by atoms with Crippen LogP contribution in [0.1, 0.15) is 6.42 Å². The highest BCUT2D eigenvalue weighted by molar-refractivity contribution is 7.91. The lowest BCUT2D eigenvalue weighted by molar-refractivity contribution is 0.00966. The number of carbonyl (C=O) groups excluding carboxylic acids is 1. The zero-order valence-corrected chi connectivity index (χ0v) is 17.4. The fraction of sp³-hybridized carbons (Fsp3) is 0.400. The molecule has 0 atom stereocenters. The van der Waals surface area contributed by atoms with Gasteiger partial charge in [0, 0.05) is 49.4 Å². The molecular formula is C20H21ClN4O3S. The second kappa shape index (κ2) is 6.60. The van der Waals surface area contributed by atoms with Gasteiger partial charge in [0.1, 0.15) is 5.82 Å². The molecule has 9 heteroatoms. The van der Waals surface area contributed by atoms with Crippen LogP contribution in [0.3, 0.4) is 0 Å². The number of hydrogen-bond acceptors (Lipinski definition) is 5. The van der Waals surface area contributed by atoms with Gasteiger partial charge in [0.25, 0.3) is 0 Å². The van der Waals surface area contributed by atoms with Gasteiger partial charge in [0.05, 0.1) is 16.3 Å². The van der Waals surface area contributed by atoms with Crippen LogP contribution in [0.5, 0.6) is 0 Å². The molecule has 29 heavy (non-hydrogen) atoms. The summed E-state index contributed by atoms with van der Waals surface area (Å²) in [6, 6.07) is 10.5. The number of halogens is 1. The first-order valence-corrected chi connectivity index (χ1v) is 11.6. The Balaban J connectivity index is 1.30. The summed E-state index contributed by atoms with van der Waals surface area (Å²) >= 11 is 6.03. The lowest BCUT2D eigenvalue weighted by Crippen LogP contribution is -2.74. The number of aromatic nitrogens is 1. The molecule has 3 aliphatic rings. The zero-order valence-electron chi connectivity index (χ0n) is 15.8. The Morgan fingerprint density at radius 1 is 1.10 bits per heavy atom. The number of urea groups is 1. The average Bonchev–Trinajstić information content (AvgIpc) is 2.76. The number of hydrogen-bond donors (Lipinski definition) is 0. The van der Waals surface area contributed by atoms with Crippen LogP contribution in [0.25, 0.3) is 0 Å². The Hall–Kier alpha value is -2.32. The van der Waals surface area contributed by atoms with E-state index in [0.29, 0.717) is 36.8 Å². The second-order valence-electron chi connectivity index (χ2n) is 8.12. The molecule has 5 rings (SSSR count). The number of pyridine rings is 1. The maximum absolute atomic E-state index is 13.2. The monoisotopic (exact) mass is 432 g/mol. The molecule has 1 spiro atoms. The van der Waals surface area contributed by atoms with Crippen molar-refractivity contribution >= 4 is 39.0 Å². The molecule has 0 N–H and O–H groups in total. The summed E-state index contributed by atoms with van der Waals surface area (Å²) in [5.41, 5.74) is 0.551. The largest absolute Gasteiger partial charge is 0.355 e. The number of fused-ring (bicyclic) bond motifs is 1. The smallest absolute Gasteiger partial charge is 0.324 e. The van der Waals surface area contributed by atoms with Crippen molar-refractivity contribution in [1.29, 1.82) is 0 Å². The maximum Gasteiger partial charge on any atom is 0.324 e. The first-order chi connectivity index (χ1) is 13.9. The molecule has 0 unspecified atom stereocenters. The molecular weight excluding hydrogens is 412 g/mol. The molecule has 2 amide bonds. The van der Waals surface area contributed by atoms with Crippen LogP contribution in [0, 0.1) is 5.41 Å². The van der Waals surface area contributed by atoms with E-state index in [9.17, 15) is 13.2 Å². The third-order valence-corrected chi connectivity index (χ3v) is 7.98. The Labute approximate surface area is 174 Å². The topological polar surface area (TPSA) is 73.8 Å². The molecule has 1 aromatic carbocycles. The van der Waals surface area contributed by atoms with Crippen molar-refractivity contribution < 1.29 is 13.2 Å². The minimum atomic E-state index is -3.45. The van der Waals surface area contributed by atoms with Crippen LogP contribution in [-0.2, 0) is 9.84 Å². The minimum absolute atomic E-state index is 0.0209. The summed E-state index contributed by atoms with van der Waals surface area (Å²) in [7, 11) is -3.45. The number of likely N-dealkylation sites (tertiary alicyclic amines) is 1. The molecule has 2 aromatic rings. The molecule has 2 fully saturated rings. The SMILES string of the molecule is O=C(N1CC2(C1)CN(c1ccccn1)C2)N1CCCS(=O)(=O)c2cc(Cl)ccc21. The highest BCUT2D eigenvalue weighted by Gasteiger charge is 2.54. The average molecular weight is 433 g/mol. The molecule has 4 heterocycles. The van der Waals surface area contributed by atoms with Crippen molar-refractivity contribution in [3.63, 3.8) is 0 Å². The normalized spacial score (nSPS) is 21.8. The second-order valence-corrected chi connectivity index (χ2v) is 10.6. The molecule has 0 bridgehead atoms. The summed E-state index contributed by atoms with van der Waals surface area (Å²) in [6.07, 6.45) is 2.20. The summed E-state index contributed by atoms with van der Waals surface area (Å²) in [5.74, 6) is 0.985. The fourth-order valence-electron chi connectivity index (χ4n) is 4.54. The van der Waals surface area contributed by atoms with Gasteiger partial charge in [-0.1, -0.05) is 17.7 Å². The van der Waals surface area contributed by atoms with E-state index in [1.54, 1.807) is 23.2 Å². The predicted octanol–water partition coefficient (Wildman–Crippen LogP) is 2.66. The highest BCUT2D eigenvalue weighted by Crippen LogP contribution is 2.42. The zero-order chi connectivity index (χ0) is 20.2. The molecule has 0 aliphatic carbocycles. The van der Waals surface area contributed by atoms with E-state index in [4.69, 9.17) is 11.6 Å². The number of benzene rings is 1. The Morgan fingerprint density at radius 3 is 2.62 bits per heavy atom. The lowest BCUT2D eigenvalue weighted by atomic mass is 9.73. The van der Waals surface area contributed by atoms with Crippen molar-refractivity contribution in [2.24, 2.45) is 5.41 Å². The van der Waals surface area contributed by atoms with Crippen LogP contribution in [0.15, 0.2) is 47.5 Å². The van der Waals surface area contributed by atoms with Crippen molar-refractivity contribution in [2.75, 3.05) is 48.3 Å². The van der Waals surface area contributed by atoms with Gasteiger partial charge >= 0.3 is 6.03 Å². The molecule has 0 saturated carbocycles. The molecule has 152 valence electrons. The van der Waals surface area contributed by atoms with Crippen molar-refractivity contribution in [3.05, 3.63) is 47.6 Å². The first-order valence-electron chi connectivity index (χ1n) is 9.62. The Morgan fingerprint density at radius 2 is 1.90 bits per heavy atom. The van der Waals surface area contributed by atoms with Gasteiger partial charge in [0.2, 0.25) is 0 Å². The first kappa shape index (κ1) is 18.7. The summed E-state index contributed by atoms with van der Waals surface area (Å²) in [5, 5.41) is 0.355. The van der Waals surface area contributed by atoms with Gasteiger partial charge in [-0.05, 0) is 36.8 Å². The summed E-state index contributed by atoms with van der Waals surface area (Å²) in [4.78, 5) is 23.3. The van der Waals surface area contributed by atoms with Crippen LogP contribution >= 0.6 is 11.6 Å². The Bertz CT molecular complexity index is 1060. The van der Waals surface area contributed by atoms with Gasteiger partial charge in [-0.2, -0.15) is 0 Å². The van der Waals surface area contributed by atoms with E-state index in [0.717, 1.165) is 18.9 Å². The van der Waals surface area contributed by atoms with Gasteiger partial charge in [-0.25, -0.2) is 18.2 Å². The minimum Gasteiger partial charge on any atom is -0.355 e. The molecule has 1 aromatic heterocycles. The van der Waals surface area contributed by atoms with Gasteiger partial charge in [0.15, 0.2) is 9.84 Å². The van der Waals surface area contributed by atoms with Gasteiger partial charge in [-0.15, -0.1) is 0 Å². The van der Waals surface area contributed by atoms with Crippen molar-refractivity contribution in [2.45, 2.75) is 11.3 Å². The molecule has 2 saturated heterocycles. The van der Waals surface area contributed by atoms with E-state index >= 15 is 0 Å². The van der Waals surface area contributed by atoms with Gasteiger partial charge < -0.3 is 9.80 Å².